The summed E-state index contributed by atoms with van der Waals surface area (Å²) in [6, 6.07) is 20.9. The molecule has 256 valence electrons. The second-order valence-electron chi connectivity index (χ2n) is 10.9. The van der Waals surface area contributed by atoms with Crippen molar-refractivity contribution in [3.05, 3.63) is 107 Å². The van der Waals surface area contributed by atoms with Crippen molar-refractivity contribution in [2.45, 2.75) is 32.1 Å². The number of esters is 1. The number of para-hydroxylation sites is 2. The number of nitrogen functional groups attached to an aromatic ring is 1. The van der Waals surface area contributed by atoms with Crippen molar-refractivity contribution in [1.29, 1.82) is 0 Å². The van der Waals surface area contributed by atoms with E-state index in [1.807, 2.05) is 19.1 Å². The van der Waals surface area contributed by atoms with Crippen LogP contribution >= 0.6 is 0 Å². The second kappa shape index (κ2) is 18.6. The van der Waals surface area contributed by atoms with Crippen molar-refractivity contribution in [3.63, 3.8) is 0 Å². The Balaban J connectivity index is 1.46. The Hall–Kier alpha value is -4.75. The van der Waals surface area contributed by atoms with Crippen molar-refractivity contribution in [3.8, 4) is 0 Å². The molecule has 3 aromatic carbocycles. The van der Waals surface area contributed by atoms with Gasteiger partial charge in [0.05, 0.1) is 50.5 Å². The number of aliphatic hydroxyl groups is 1. The molecule has 12 nitrogen and oxygen atoms in total. The minimum atomic E-state index is -0.739. The highest BCUT2D eigenvalue weighted by Crippen LogP contribution is 2.39. The summed E-state index contributed by atoms with van der Waals surface area (Å²) in [5.41, 5.74) is 9.43. The molecule has 0 spiro atoms. The zero-order chi connectivity index (χ0) is 34.3. The monoisotopic (exact) mass is 661 g/mol. The van der Waals surface area contributed by atoms with E-state index in [4.69, 9.17) is 34.5 Å². The molecule has 0 aliphatic carbocycles. The molecule has 12 heteroatoms. The summed E-state index contributed by atoms with van der Waals surface area (Å²) >= 11 is 0. The lowest BCUT2D eigenvalue weighted by Crippen LogP contribution is -2.39. The minimum Gasteiger partial charge on any atom is -0.465 e. The van der Waals surface area contributed by atoms with Crippen LogP contribution in [0, 0.1) is 5.92 Å². The van der Waals surface area contributed by atoms with Gasteiger partial charge >= 0.3 is 5.97 Å². The van der Waals surface area contributed by atoms with Crippen LogP contribution in [0.5, 0.6) is 0 Å². The van der Waals surface area contributed by atoms with Gasteiger partial charge in [0, 0.05) is 37.2 Å². The van der Waals surface area contributed by atoms with Crippen LogP contribution in [0.25, 0.3) is 0 Å². The van der Waals surface area contributed by atoms with E-state index in [9.17, 15) is 14.4 Å². The molecule has 0 bridgehead atoms. The SMILES string of the molecule is CCO[C@H]1OC(C(=O)NCc2ccc(C(=O)Nc3ccccc3N)cc2)=C[C@@H](c2ccc(C(=O)OC)cc2)[C@H]1CCOCCOCCO. The molecule has 0 fully saturated rings. The first kappa shape index (κ1) is 36.1. The number of allylic oxidation sites excluding steroid dienone is 1. The quantitative estimate of drug-likeness (QED) is 0.0943. The summed E-state index contributed by atoms with van der Waals surface area (Å²) in [7, 11) is 1.33. The van der Waals surface area contributed by atoms with E-state index in [-0.39, 0.29) is 43.3 Å². The number of aliphatic hydroxyl groups excluding tert-OH is 1. The van der Waals surface area contributed by atoms with E-state index in [1.165, 1.54) is 7.11 Å². The van der Waals surface area contributed by atoms with Gasteiger partial charge in [-0.25, -0.2) is 4.79 Å². The highest BCUT2D eigenvalue weighted by molar-refractivity contribution is 6.05. The highest BCUT2D eigenvalue weighted by atomic mass is 16.7. The van der Waals surface area contributed by atoms with Crippen LogP contribution in [-0.2, 0) is 35.0 Å². The molecule has 3 atom stereocenters. The molecule has 0 saturated heterocycles. The number of amides is 2. The van der Waals surface area contributed by atoms with Gasteiger partial charge in [-0.15, -0.1) is 0 Å². The average molecular weight is 662 g/mol. The van der Waals surface area contributed by atoms with Crippen LogP contribution in [0.15, 0.2) is 84.6 Å². The van der Waals surface area contributed by atoms with Crippen molar-refractivity contribution in [1.82, 2.24) is 5.32 Å². The van der Waals surface area contributed by atoms with Crippen LogP contribution in [0.4, 0.5) is 11.4 Å². The number of carbonyl (C=O) groups excluding carboxylic acids is 3. The number of rotatable bonds is 17. The van der Waals surface area contributed by atoms with Gasteiger partial charge in [0.1, 0.15) is 0 Å². The standard InChI is InChI=1S/C36H43N3O9/c1-3-47-36-28(16-18-45-20-21-46-19-17-40)29(25-12-14-27(15-13-25)35(43)44-2)22-32(48-36)34(42)38-23-24-8-10-26(11-9-24)33(41)39-31-7-5-4-6-30(31)37/h4-15,22,28-29,36,40H,3,16-21,23,37H2,1-2H3,(H,38,42)(H,39,41)/t28-,29+,36+/m1/s1. The smallest absolute Gasteiger partial charge is 0.337 e. The molecule has 5 N–H and O–H groups in total. The lowest BCUT2D eigenvalue weighted by atomic mass is 9.81. The molecule has 1 heterocycles. The fraction of sp³-hybridized carbons (Fsp3) is 0.361. The molecular weight excluding hydrogens is 618 g/mol. The third-order valence-corrected chi connectivity index (χ3v) is 7.74. The Bertz CT molecular complexity index is 1530. The number of ether oxygens (including phenoxy) is 5. The Morgan fingerprint density at radius 2 is 1.56 bits per heavy atom. The number of nitrogens with two attached hydrogens (primary N) is 1. The third kappa shape index (κ3) is 10.1. The molecule has 1 aliphatic rings. The van der Waals surface area contributed by atoms with Crippen LogP contribution in [0.2, 0.25) is 0 Å². The first-order valence-corrected chi connectivity index (χ1v) is 15.8. The maximum absolute atomic E-state index is 13.4. The maximum atomic E-state index is 13.4. The van der Waals surface area contributed by atoms with E-state index < -0.39 is 18.2 Å². The van der Waals surface area contributed by atoms with Gasteiger partial charge in [-0.3, -0.25) is 9.59 Å². The Kier molecular flexibility index (Phi) is 13.9. The average Bonchev–Trinajstić information content (AvgIpc) is 3.11. The zero-order valence-electron chi connectivity index (χ0n) is 27.2. The van der Waals surface area contributed by atoms with Crippen LogP contribution in [0.1, 0.15) is 51.1 Å². The first-order chi connectivity index (χ1) is 23.3. The number of carbonyl (C=O) groups is 3. The van der Waals surface area contributed by atoms with Crippen molar-refractivity contribution >= 4 is 29.2 Å². The van der Waals surface area contributed by atoms with E-state index in [0.29, 0.717) is 55.4 Å². The van der Waals surface area contributed by atoms with Crippen molar-refractivity contribution in [2.75, 3.05) is 57.8 Å². The topological polar surface area (TPSA) is 168 Å². The van der Waals surface area contributed by atoms with Gasteiger partial charge in [-0.2, -0.15) is 0 Å². The molecule has 1 aliphatic heterocycles. The van der Waals surface area contributed by atoms with Gasteiger partial charge in [0.15, 0.2) is 5.76 Å². The molecule has 48 heavy (non-hydrogen) atoms. The molecular formula is C36H43N3O9. The fourth-order valence-corrected chi connectivity index (χ4v) is 5.23. The van der Waals surface area contributed by atoms with E-state index in [2.05, 4.69) is 10.6 Å². The highest BCUT2D eigenvalue weighted by Gasteiger charge is 2.38. The number of anilines is 2. The predicted octanol–water partition coefficient (Wildman–Crippen LogP) is 4.02. The molecule has 0 radical (unpaired) electrons. The zero-order valence-corrected chi connectivity index (χ0v) is 27.2. The minimum absolute atomic E-state index is 0.0510. The van der Waals surface area contributed by atoms with E-state index in [0.717, 1.165) is 11.1 Å². The molecule has 0 aromatic heterocycles. The summed E-state index contributed by atoms with van der Waals surface area (Å²) in [5.74, 6) is -1.57. The molecule has 2 amide bonds. The number of hydrogen-bond acceptors (Lipinski definition) is 10. The lowest BCUT2D eigenvalue weighted by Gasteiger charge is -2.37. The Labute approximate surface area is 280 Å². The normalized spacial score (nSPS) is 17.1. The van der Waals surface area contributed by atoms with Crippen LogP contribution in [0.3, 0.4) is 0 Å². The summed E-state index contributed by atoms with van der Waals surface area (Å²) in [4.78, 5) is 38.2. The van der Waals surface area contributed by atoms with Crippen molar-refractivity contribution < 1.29 is 43.2 Å². The van der Waals surface area contributed by atoms with Crippen LogP contribution in [-0.4, -0.2) is 75.9 Å². The summed E-state index contributed by atoms with van der Waals surface area (Å²) in [6.07, 6.45) is 1.59. The van der Waals surface area contributed by atoms with Gasteiger partial charge in [-0.1, -0.05) is 36.4 Å². The van der Waals surface area contributed by atoms with Crippen molar-refractivity contribution in [2.24, 2.45) is 5.92 Å². The molecule has 4 rings (SSSR count). The Morgan fingerprint density at radius 1 is 0.875 bits per heavy atom. The molecule has 0 unspecified atom stereocenters. The number of benzene rings is 3. The van der Waals surface area contributed by atoms with E-state index >= 15 is 0 Å². The number of methoxy groups -OCH3 is 1. The number of hydrogen-bond donors (Lipinski definition) is 4. The predicted molar refractivity (Wildman–Crippen MR) is 179 cm³/mol. The fourth-order valence-electron chi connectivity index (χ4n) is 5.23. The van der Waals surface area contributed by atoms with Crippen LogP contribution < -0.4 is 16.4 Å². The summed E-state index contributed by atoms with van der Waals surface area (Å²) in [6.45, 7) is 3.71. The summed E-state index contributed by atoms with van der Waals surface area (Å²) in [5, 5.41) is 14.6. The van der Waals surface area contributed by atoms with E-state index in [1.54, 1.807) is 66.7 Å². The lowest BCUT2D eigenvalue weighted by molar-refractivity contribution is -0.168. The Morgan fingerprint density at radius 3 is 2.23 bits per heavy atom. The number of nitrogens with one attached hydrogen (secondary N) is 2. The van der Waals surface area contributed by atoms with Gasteiger partial charge < -0.3 is 45.2 Å². The second-order valence-corrected chi connectivity index (χ2v) is 10.9. The largest absolute Gasteiger partial charge is 0.465 e. The maximum Gasteiger partial charge on any atom is 0.337 e. The van der Waals surface area contributed by atoms with Gasteiger partial charge in [0.25, 0.3) is 11.8 Å². The third-order valence-electron chi connectivity index (χ3n) is 7.74. The van der Waals surface area contributed by atoms with Gasteiger partial charge in [0.2, 0.25) is 6.29 Å². The molecule has 3 aromatic rings. The molecule has 0 saturated carbocycles. The van der Waals surface area contributed by atoms with Gasteiger partial charge in [-0.05, 0) is 66.9 Å². The summed E-state index contributed by atoms with van der Waals surface area (Å²) < 4.78 is 28.0. The first-order valence-electron chi connectivity index (χ1n) is 15.8.